The fourth-order valence-corrected chi connectivity index (χ4v) is 1.51. The molecule has 0 N–H and O–H groups in total. The Morgan fingerprint density at radius 1 is 1.40 bits per heavy atom. The third-order valence-corrected chi connectivity index (χ3v) is 2.47. The summed E-state index contributed by atoms with van der Waals surface area (Å²) in [5.41, 5.74) is 1.94. The molecule has 0 aromatic heterocycles. The van der Waals surface area contributed by atoms with E-state index in [2.05, 4.69) is 12.5 Å². The predicted octanol–water partition coefficient (Wildman–Crippen LogP) is 2.92. The van der Waals surface area contributed by atoms with Crippen molar-refractivity contribution in [3.63, 3.8) is 0 Å². The maximum Gasteiger partial charge on any atom is 0.0963 e. The minimum atomic E-state index is -0.0776. The van der Waals surface area contributed by atoms with Gasteiger partial charge in [0.15, 0.2) is 0 Å². The summed E-state index contributed by atoms with van der Waals surface area (Å²) in [5, 5.41) is 0.716. The van der Waals surface area contributed by atoms with Crippen molar-refractivity contribution in [2.75, 3.05) is 14.1 Å². The standard InChI is InChI=1S/C13H14ClN/c1-5-13(15(3)4)10(2)11-6-8-12(14)9-7-11/h1,6-9,13H,2H2,3-4H3. The Morgan fingerprint density at radius 2 is 1.93 bits per heavy atom. The van der Waals surface area contributed by atoms with Gasteiger partial charge < -0.3 is 0 Å². The lowest BCUT2D eigenvalue weighted by atomic mass is 10.0. The summed E-state index contributed by atoms with van der Waals surface area (Å²) in [6.45, 7) is 4.02. The van der Waals surface area contributed by atoms with Gasteiger partial charge in [-0.1, -0.05) is 36.2 Å². The van der Waals surface area contributed by atoms with Gasteiger partial charge in [-0.3, -0.25) is 4.90 Å². The third-order valence-electron chi connectivity index (χ3n) is 2.22. The van der Waals surface area contributed by atoms with Gasteiger partial charge in [-0.25, -0.2) is 0 Å². The van der Waals surface area contributed by atoms with Crippen LogP contribution in [0.3, 0.4) is 0 Å². The molecule has 1 atom stereocenters. The molecule has 0 aliphatic heterocycles. The summed E-state index contributed by atoms with van der Waals surface area (Å²) in [7, 11) is 3.87. The van der Waals surface area contributed by atoms with Crippen LogP contribution in [0.5, 0.6) is 0 Å². The van der Waals surface area contributed by atoms with Gasteiger partial charge in [-0.15, -0.1) is 6.42 Å². The maximum atomic E-state index is 5.81. The van der Waals surface area contributed by atoms with Gasteiger partial charge in [0.2, 0.25) is 0 Å². The van der Waals surface area contributed by atoms with Gasteiger partial charge in [0.25, 0.3) is 0 Å². The topological polar surface area (TPSA) is 3.24 Å². The summed E-state index contributed by atoms with van der Waals surface area (Å²) >= 11 is 5.81. The van der Waals surface area contributed by atoms with Gasteiger partial charge in [0.1, 0.15) is 0 Å². The molecule has 1 aromatic carbocycles. The van der Waals surface area contributed by atoms with Crippen LogP contribution in [0.4, 0.5) is 0 Å². The van der Waals surface area contributed by atoms with Gasteiger partial charge in [0, 0.05) is 5.02 Å². The Kier molecular flexibility index (Phi) is 3.96. The minimum Gasteiger partial charge on any atom is -0.292 e. The first-order valence-electron chi connectivity index (χ1n) is 4.63. The van der Waals surface area contributed by atoms with Crippen LogP contribution < -0.4 is 0 Å². The number of nitrogens with zero attached hydrogens (tertiary/aromatic N) is 1. The summed E-state index contributed by atoms with van der Waals surface area (Å²) in [4.78, 5) is 1.96. The molecule has 2 heteroatoms. The van der Waals surface area contributed by atoms with E-state index in [0.717, 1.165) is 11.1 Å². The molecule has 0 amide bonds. The average Bonchev–Trinajstić information content (AvgIpc) is 2.19. The number of hydrogen-bond donors (Lipinski definition) is 0. The molecule has 0 fully saturated rings. The molecule has 0 spiro atoms. The normalized spacial score (nSPS) is 12.2. The second kappa shape index (κ2) is 5.02. The van der Waals surface area contributed by atoms with Crippen molar-refractivity contribution in [1.29, 1.82) is 0 Å². The second-order valence-corrected chi connectivity index (χ2v) is 4.00. The SMILES string of the molecule is C#CC(C(=C)c1ccc(Cl)cc1)N(C)C. The zero-order valence-electron chi connectivity index (χ0n) is 9.00. The van der Waals surface area contributed by atoms with Crippen LogP contribution in [0.2, 0.25) is 5.02 Å². The Morgan fingerprint density at radius 3 is 2.33 bits per heavy atom. The first kappa shape index (κ1) is 11.8. The van der Waals surface area contributed by atoms with E-state index in [0.29, 0.717) is 5.02 Å². The van der Waals surface area contributed by atoms with E-state index in [-0.39, 0.29) is 6.04 Å². The molecule has 0 heterocycles. The largest absolute Gasteiger partial charge is 0.292 e. The van der Waals surface area contributed by atoms with Crippen LogP contribution in [0.15, 0.2) is 30.8 Å². The monoisotopic (exact) mass is 219 g/mol. The van der Waals surface area contributed by atoms with Gasteiger partial charge in [-0.2, -0.15) is 0 Å². The summed E-state index contributed by atoms with van der Waals surface area (Å²) in [6, 6.07) is 7.46. The molecule has 78 valence electrons. The quantitative estimate of drug-likeness (QED) is 0.707. The van der Waals surface area contributed by atoms with E-state index in [1.54, 1.807) is 0 Å². The van der Waals surface area contributed by atoms with E-state index >= 15 is 0 Å². The lowest BCUT2D eigenvalue weighted by molar-refractivity contribution is 0.409. The lowest BCUT2D eigenvalue weighted by Crippen LogP contribution is -2.27. The second-order valence-electron chi connectivity index (χ2n) is 3.56. The Bertz CT molecular complexity index is 384. The molecule has 1 unspecified atom stereocenters. The molecular formula is C13H14ClN. The Labute approximate surface area is 96.4 Å². The Balaban J connectivity index is 2.94. The highest BCUT2D eigenvalue weighted by molar-refractivity contribution is 6.30. The highest BCUT2D eigenvalue weighted by Gasteiger charge is 2.13. The van der Waals surface area contributed by atoms with Crippen molar-refractivity contribution in [2.45, 2.75) is 6.04 Å². The highest BCUT2D eigenvalue weighted by atomic mass is 35.5. The maximum absolute atomic E-state index is 5.81. The molecule has 0 radical (unpaired) electrons. The Hall–Kier alpha value is -1.23. The number of halogens is 1. The minimum absolute atomic E-state index is 0.0776. The van der Waals surface area contributed by atoms with Crippen LogP contribution in [0, 0.1) is 12.3 Å². The van der Waals surface area contributed by atoms with Crippen molar-refractivity contribution in [1.82, 2.24) is 4.90 Å². The van der Waals surface area contributed by atoms with E-state index in [1.807, 2.05) is 43.3 Å². The van der Waals surface area contributed by atoms with Crippen LogP contribution >= 0.6 is 11.6 Å². The first-order chi connectivity index (χ1) is 7.06. The van der Waals surface area contributed by atoms with E-state index < -0.39 is 0 Å². The summed E-state index contributed by atoms with van der Waals surface area (Å²) < 4.78 is 0. The van der Waals surface area contributed by atoms with Crippen molar-refractivity contribution in [3.8, 4) is 12.3 Å². The van der Waals surface area contributed by atoms with Crippen LogP contribution in [0.1, 0.15) is 5.56 Å². The molecule has 1 rings (SSSR count). The van der Waals surface area contributed by atoms with Crippen LogP contribution in [-0.4, -0.2) is 25.0 Å². The van der Waals surface area contributed by atoms with Crippen molar-refractivity contribution in [3.05, 3.63) is 41.4 Å². The van der Waals surface area contributed by atoms with Crippen LogP contribution in [0.25, 0.3) is 5.57 Å². The van der Waals surface area contributed by atoms with E-state index in [1.165, 1.54) is 0 Å². The molecule has 0 saturated carbocycles. The zero-order valence-corrected chi connectivity index (χ0v) is 9.75. The molecule has 0 aliphatic carbocycles. The van der Waals surface area contributed by atoms with Crippen LogP contribution in [-0.2, 0) is 0 Å². The fourth-order valence-electron chi connectivity index (χ4n) is 1.38. The number of hydrogen-bond acceptors (Lipinski definition) is 1. The average molecular weight is 220 g/mol. The molecule has 15 heavy (non-hydrogen) atoms. The van der Waals surface area contributed by atoms with Gasteiger partial charge in [0.05, 0.1) is 6.04 Å². The summed E-state index contributed by atoms with van der Waals surface area (Å²) in [6.07, 6.45) is 5.46. The van der Waals surface area contributed by atoms with Gasteiger partial charge in [-0.05, 0) is 37.4 Å². The van der Waals surface area contributed by atoms with E-state index in [9.17, 15) is 0 Å². The lowest BCUT2D eigenvalue weighted by Gasteiger charge is -2.21. The molecule has 0 saturated heterocycles. The number of likely N-dealkylation sites (N-methyl/N-ethyl adjacent to an activating group) is 1. The smallest absolute Gasteiger partial charge is 0.0963 e. The predicted molar refractivity (Wildman–Crippen MR) is 66.8 cm³/mol. The number of rotatable bonds is 3. The summed E-state index contributed by atoms with van der Waals surface area (Å²) in [5.74, 6) is 2.71. The molecule has 0 bridgehead atoms. The van der Waals surface area contributed by atoms with Crippen molar-refractivity contribution < 1.29 is 0 Å². The number of terminal acetylenes is 1. The highest BCUT2D eigenvalue weighted by Crippen LogP contribution is 2.20. The fraction of sp³-hybridized carbons (Fsp3) is 0.231. The van der Waals surface area contributed by atoms with E-state index in [4.69, 9.17) is 18.0 Å². The van der Waals surface area contributed by atoms with Gasteiger partial charge >= 0.3 is 0 Å². The molecule has 1 aromatic rings. The third kappa shape index (κ3) is 2.86. The molecule has 0 aliphatic rings. The molecular weight excluding hydrogens is 206 g/mol. The number of benzene rings is 1. The zero-order chi connectivity index (χ0) is 11.4. The molecule has 1 nitrogen and oxygen atoms in total. The van der Waals surface area contributed by atoms with Crippen molar-refractivity contribution in [2.24, 2.45) is 0 Å². The van der Waals surface area contributed by atoms with Crippen molar-refractivity contribution >= 4 is 17.2 Å². The first-order valence-corrected chi connectivity index (χ1v) is 5.01.